The first kappa shape index (κ1) is 26.2. The number of hydrogen-bond donors (Lipinski definition) is 0. The molecule has 196 valence electrons. The van der Waals surface area contributed by atoms with E-state index in [4.69, 9.17) is 14.2 Å². The molecule has 35 heavy (non-hydrogen) atoms. The van der Waals surface area contributed by atoms with E-state index in [1.54, 1.807) is 6.92 Å². The van der Waals surface area contributed by atoms with E-state index in [2.05, 4.69) is 20.8 Å². The lowest BCUT2D eigenvalue weighted by molar-refractivity contribution is -0.169. The summed E-state index contributed by atoms with van der Waals surface area (Å²) in [5.41, 5.74) is -0.599. The molecular weight excluding hydrogens is 448 g/mol. The van der Waals surface area contributed by atoms with E-state index >= 15 is 0 Å². The molecule has 0 spiro atoms. The Morgan fingerprint density at radius 2 is 1.83 bits per heavy atom. The fourth-order valence-electron chi connectivity index (χ4n) is 8.60. The molecule has 0 amide bonds. The van der Waals surface area contributed by atoms with Crippen LogP contribution in [-0.2, 0) is 28.6 Å². The van der Waals surface area contributed by atoms with Crippen LogP contribution >= 0.6 is 0 Å². The van der Waals surface area contributed by atoms with Gasteiger partial charge in [-0.05, 0) is 80.5 Å². The molecule has 0 aromatic carbocycles. The second-order valence-electron chi connectivity index (χ2n) is 12.0. The van der Waals surface area contributed by atoms with Crippen LogP contribution < -0.4 is 0 Å². The lowest BCUT2D eigenvalue weighted by Gasteiger charge is -2.59. The molecule has 0 radical (unpaired) electrons. The summed E-state index contributed by atoms with van der Waals surface area (Å²) in [6, 6.07) is 0. The number of carbonyl (C=O) groups is 4. The molecule has 0 bridgehead atoms. The van der Waals surface area contributed by atoms with Gasteiger partial charge < -0.3 is 14.2 Å². The molecule has 0 aromatic heterocycles. The van der Waals surface area contributed by atoms with Gasteiger partial charge in [0.2, 0.25) is 0 Å². The SMILES string of the molecule is CCOC(=O)O[C@@H]1CC[C@@]2(C)[C@H](CC(=O)[C@@H]3[C@@H]2CC(=O)[C@]2(C)[C@@H]([C@@H](C)CCC(=O)OC)CC[C@@H]32)C1. The van der Waals surface area contributed by atoms with Crippen molar-refractivity contribution in [2.24, 2.45) is 46.3 Å². The van der Waals surface area contributed by atoms with Crippen molar-refractivity contribution in [2.75, 3.05) is 13.7 Å². The predicted octanol–water partition coefficient (Wildman–Crippen LogP) is 5.13. The monoisotopic (exact) mass is 490 g/mol. The summed E-state index contributed by atoms with van der Waals surface area (Å²) >= 11 is 0. The average molecular weight is 491 g/mol. The van der Waals surface area contributed by atoms with Crippen LogP contribution in [0.4, 0.5) is 4.79 Å². The summed E-state index contributed by atoms with van der Waals surface area (Å²) in [6.45, 7) is 8.55. The summed E-state index contributed by atoms with van der Waals surface area (Å²) in [5, 5.41) is 0. The fraction of sp³-hybridized carbons (Fsp3) is 0.857. The van der Waals surface area contributed by atoms with Crippen molar-refractivity contribution in [3.05, 3.63) is 0 Å². The van der Waals surface area contributed by atoms with Crippen LogP contribution in [-0.4, -0.2) is 43.5 Å². The average Bonchev–Trinajstić information content (AvgIpc) is 3.17. The molecule has 4 rings (SSSR count). The van der Waals surface area contributed by atoms with Crippen molar-refractivity contribution in [3.8, 4) is 0 Å². The fourth-order valence-corrected chi connectivity index (χ4v) is 8.60. The van der Waals surface area contributed by atoms with Crippen LogP contribution in [0, 0.1) is 46.3 Å². The van der Waals surface area contributed by atoms with Gasteiger partial charge in [-0.15, -0.1) is 0 Å². The van der Waals surface area contributed by atoms with Crippen molar-refractivity contribution < 1.29 is 33.4 Å². The summed E-state index contributed by atoms with van der Waals surface area (Å²) in [6.07, 6.45) is 5.25. The van der Waals surface area contributed by atoms with E-state index in [-0.39, 0.29) is 59.6 Å². The van der Waals surface area contributed by atoms with Crippen LogP contribution in [0.5, 0.6) is 0 Å². The minimum absolute atomic E-state index is 0.0620. The third kappa shape index (κ3) is 4.42. The van der Waals surface area contributed by atoms with E-state index in [0.717, 1.165) is 25.7 Å². The summed E-state index contributed by atoms with van der Waals surface area (Å²) in [4.78, 5) is 51.1. The first-order chi connectivity index (χ1) is 16.6. The van der Waals surface area contributed by atoms with Gasteiger partial charge in [0.1, 0.15) is 17.7 Å². The highest BCUT2D eigenvalue weighted by atomic mass is 16.7. The van der Waals surface area contributed by atoms with Crippen LogP contribution in [0.15, 0.2) is 0 Å². The first-order valence-corrected chi connectivity index (χ1v) is 13.5. The number of esters is 1. The highest BCUT2D eigenvalue weighted by Gasteiger charge is 2.66. The Balaban J connectivity index is 1.52. The van der Waals surface area contributed by atoms with Gasteiger partial charge in [-0.3, -0.25) is 14.4 Å². The topological polar surface area (TPSA) is 96.0 Å². The third-order valence-electron chi connectivity index (χ3n) is 10.6. The molecule has 4 fully saturated rings. The highest BCUT2D eigenvalue weighted by Crippen LogP contribution is 2.66. The number of fused-ring (bicyclic) bond motifs is 5. The Morgan fingerprint density at radius 1 is 1.09 bits per heavy atom. The number of hydrogen-bond acceptors (Lipinski definition) is 7. The molecule has 4 saturated carbocycles. The second kappa shape index (κ2) is 9.85. The normalized spacial score (nSPS) is 41.3. The number of rotatable bonds is 6. The number of Topliss-reactive ketones (excluding diaryl/α,β-unsaturated/α-hetero) is 2. The van der Waals surface area contributed by atoms with Gasteiger partial charge in [0.15, 0.2) is 0 Å². The van der Waals surface area contributed by atoms with Crippen molar-refractivity contribution in [1.82, 2.24) is 0 Å². The highest BCUT2D eigenvalue weighted by molar-refractivity contribution is 5.92. The standard InChI is InChI=1S/C28H42O7/c1-6-34-26(32)35-18-11-12-27(3)17(13-18)14-22(29)25-20-9-8-19(16(2)7-10-24(31)33-5)28(20,4)23(30)15-21(25)27/h16-21,25H,6-15H2,1-5H3/t16-,17-,18+,19+,20-,21-,25-,27-,28+/m0/s1. The smallest absolute Gasteiger partial charge is 0.469 e. The molecule has 7 nitrogen and oxygen atoms in total. The maximum Gasteiger partial charge on any atom is 0.508 e. The summed E-state index contributed by atoms with van der Waals surface area (Å²) < 4.78 is 15.3. The molecule has 0 aromatic rings. The summed E-state index contributed by atoms with van der Waals surface area (Å²) in [5.74, 6) is 0.994. The summed E-state index contributed by atoms with van der Waals surface area (Å²) in [7, 11) is 1.41. The molecule has 0 heterocycles. The molecule has 4 aliphatic rings. The Morgan fingerprint density at radius 3 is 2.51 bits per heavy atom. The lowest BCUT2D eigenvalue weighted by atomic mass is 9.43. The zero-order valence-corrected chi connectivity index (χ0v) is 22.0. The van der Waals surface area contributed by atoms with E-state index < -0.39 is 11.6 Å². The van der Waals surface area contributed by atoms with E-state index in [1.807, 2.05) is 0 Å². The van der Waals surface area contributed by atoms with Crippen LogP contribution in [0.1, 0.15) is 85.5 Å². The van der Waals surface area contributed by atoms with Gasteiger partial charge in [0.25, 0.3) is 0 Å². The van der Waals surface area contributed by atoms with E-state index in [1.165, 1.54) is 7.11 Å². The van der Waals surface area contributed by atoms with E-state index in [0.29, 0.717) is 43.7 Å². The first-order valence-electron chi connectivity index (χ1n) is 13.5. The molecule has 9 atom stereocenters. The van der Waals surface area contributed by atoms with Crippen molar-refractivity contribution in [1.29, 1.82) is 0 Å². The molecule has 0 unspecified atom stereocenters. The van der Waals surface area contributed by atoms with Gasteiger partial charge in [-0.25, -0.2) is 4.79 Å². The Kier molecular flexibility index (Phi) is 7.36. The third-order valence-corrected chi connectivity index (χ3v) is 10.6. The van der Waals surface area contributed by atoms with Gasteiger partial charge in [0, 0.05) is 30.6 Å². The van der Waals surface area contributed by atoms with Crippen molar-refractivity contribution >= 4 is 23.7 Å². The molecule has 7 heteroatoms. The van der Waals surface area contributed by atoms with Gasteiger partial charge in [0.05, 0.1) is 13.7 Å². The minimum Gasteiger partial charge on any atom is -0.469 e. The quantitative estimate of drug-likeness (QED) is 0.476. The minimum atomic E-state index is -0.636. The molecule has 0 saturated heterocycles. The maximum absolute atomic E-state index is 13.9. The Hall–Kier alpha value is -1.92. The van der Waals surface area contributed by atoms with Crippen LogP contribution in [0.25, 0.3) is 0 Å². The van der Waals surface area contributed by atoms with E-state index in [9.17, 15) is 19.2 Å². The number of methoxy groups -OCH3 is 1. The Labute approximate surface area is 209 Å². The van der Waals surface area contributed by atoms with Crippen molar-refractivity contribution in [3.63, 3.8) is 0 Å². The van der Waals surface area contributed by atoms with Crippen LogP contribution in [0.3, 0.4) is 0 Å². The molecule has 0 N–H and O–H groups in total. The lowest BCUT2D eigenvalue weighted by Crippen LogP contribution is -2.60. The zero-order chi connectivity index (χ0) is 25.5. The number of ether oxygens (including phenoxy) is 3. The van der Waals surface area contributed by atoms with Crippen molar-refractivity contribution in [2.45, 2.75) is 91.6 Å². The van der Waals surface area contributed by atoms with Gasteiger partial charge in [-0.1, -0.05) is 20.8 Å². The van der Waals surface area contributed by atoms with Gasteiger partial charge in [-0.2, -0.15) is 0 Å². The Bertz CT molecular complexity index is 867. The number of carbonyl (C=O) groups excluding carboxylic acids is 4. The largest absolute Gasteiger partial charge is 0.508 e. The van der Waals surface area contributed by atoms with Gasteiger partial charge >= 0.3 is 12.1 Å². The maximum atomic E-state index is 13.9. The second-order valence-corrected chi connectivity index (χ2v) is 12.0. The molecule has 4 aliphatic carbocycles. The molecule has 0 aliphatic heterocycles. The predicted molar refractivity (Wildman–Crippen MR) is 128 cm³/mol. The van der Waals surface area contributed by atoms with Crippen LogP contribution in [0.2, 0.25) is 0 Å². The molecular formula is C28H42O7. The number of ketones is 2. The zero-order valence-electron chi connectivity index (χ0n) is 22.0.